The van der Waals surface area contributed by atoms with Crippen LogP contribution in [0.1, 0.15) is 55.7 Å². The molecule has 5 nitrogen and oxygen atoms in total. The number of furan rings is 1. The summed E-state index contributed by atoms with van der Waals surface area (Å²) in [6.45, 7) is 6.58. The van der Waals surface area contributed by atoms with Gasteiger partial charge in [-0.05, 0) is 52.6 Å². The number of aryl methyl sites for hydroxylation is 2. The lowest BCUT2D eigenvalue weighted by molar-refractivity contribution is 0.392. The highest BCUT2D eigenvalue weighted by atomic mass is 32.2. The van der Waals surface area contributed by atoms with E-state index >= 15 is 0 Å². The van der Waals surface area contributed by atoms with Gasteiger partial charge in [0.25, 0.3) is 0 Å². The van der Waals surface area contributed by atoms with Crippen LogP contribution in [0.5, 0.6) is 0 Å². The van der Waals surface area contributed by atoms with E-state index in [9.17, 15) is 8.42 Å². The predicted molar refractivity (Wildman–Crippen MR) is 83.8 cm³/mol. The molecule has 0 spiro atoms. The summed E-state index contributed by atoms with van der Waals surface area (Å²) in [7, 11) is -3.27. The van der Waals surface area contributed by atoms with E-state index in [0.717, 1.165) is 30.0 Å². The Labute approximate surface area is 127 Å². The van der Waals surface area contributed by atoms with Crippen LogP contribution in [0.3, 0.4) is 0 Å². The first-order valence-corrected chi connectivity index (χ1v) is 9.33. The van der Waals surface area contributed by atoms with Crippen LogP contribution in [0.25, 0.3) is 0 Å². The van der Waals surface area contributed by atoms with E-state index in [0.29, 0.717) is 12.5 Å². The lowest BCUT2D eigenvalue weighted by Crippen LogP contribution is -2.37. The maximum atomic E-state index is 12.2. The van der Waals surface area contributed by atoms with Crippen molar-refractivity contribution in [2.75, 3.05) is 12.3 Å². The molecule has 120 valence electrons. The van der Waals surface area contributed by atoms with Crippen molar-refractivity contribution < 1.29 is 12.8 Å². The molecule has 0 aromatic carbocycles. The van der Waals surface area contributed by atoms with E-state index in [4.69, 9.17) is 4.42 Å². The van der Waals surface area contributed by atoms with Crippen LogP contribution in [0.4, 0.5) is 0 Å². The zero-order valence-corrected chi connectivity index (χ0v) is 13.9. The molecule has 0 amide bonds. The van der Waals surface area contributed by atoms with Gasteiger partial charge in [-0.3, -0.25) is 0 Å². The Morgan fingerprint density at radius 3 is 2.76 bits per heavy atom. The average molecular weight is 314 g/mol. The van der Waals surface area contributed by atoms with Crippen LogP contribution >= 0.6 is 0 Å². The normalized spacial score (nSPS) is 21.4. The first-order chi connectivity index (χ1) is 9.87. The van der Waals surface area contributed by atoms with Crippen molar-refractivity contribution in [2.24, 2.45) is 0 Å². The topological polar surface area (TPSA) is 71.3 Å². The average Bonchev–Trinajstić information content (AvgIpc) is 2.76. The van der Waals surface area contributed by atoms with Crippen molar-refractivity contribution in [1.29, 1.82) is 0 Å². The summed E-state index contributed by atoms with van der Waals surface area (Å²) in [6.07, 6.45) is 4.13. The Morgan fingerprint density at radius 2 is 2.19 bits per heavy atom. The van der Waals surface area contributed by atoms with Gasteiger partial charge in [0.1, 0.15) is 11.5 Å². The standard InChI is InChI=1S/C15H26N2O3S/c1-11-10-15(13(3)20-11)12(2)17-21(18,19)9-7-14-6-4-5-8-16-14/h10,12,14,16-17H,4-9H2,1-3H3. The largest absolute Gasteiger partial charge is 0.466 e. The number of hydrogen-bond donors (Lipinski definition) is 2. The van der Waals surface area contributed by atoms with Gasteiger partial charge in [-0.2, -0.15) is 0 Å². The molecular weight excluding hydrogens is 288 g/mol. The Balaban J connectivity index is 1.89. The molecule has 0 saturated carbocycles. The van der Waals surface area contributed by atoms with E-state index in [1.54, 1.807) is 0 Å². The van der Waals surface area contributed by atoms with Gasteiger partial charge >= 0.3 is 0 Å². The minimum Gasteiger partial charge on any atom is -0.466 e. The highest BCUT2D eigenvalue weighted by Crippen LogP contribution is 2.22. The van der Waals surface area contributed by atoms with E-state index in [1.165, 1.54) is 12.8 Å². The number of sulfonamides is 1. The van der Waals surface area contributed by atoms with Crippen LogP contribution < -0.4 is 10.0 Å². The van der Waals surface area contributed by atoms with Crippen molar-refractivity contribution in [3.8, 4) is 0 Å². The zero-order chi connectivity index (χ0) is 15.5. The second-order valence-electron chi connectivity index (χ2n) is 5.96. The van der Waals surface area contributed by atoms with E-state index < -0.39 is 10.0 Å². The molecule has 0 aliphatic carbocycles. The van der Waals surface area contributed by atoms with Crippen molar-refractivity contribution in [1.82, 2.24) is 10.0 Å². The van der Waals surface area contributed by atoms with Crippen LogP contribution in [-0.4, -0.2) is 26.8 Å². The Morgan fingerprint density at radius 1 is 1.43 bits per heavy atom. The fourth-order valence-corrected chi connectivity index (χ4v) is 4.32. The minimum atomic E-state index is -3.27. The molecule has 0 bridgehead atoms. The molecule has 2 N–H and O–H groups in total. The molecule has 2 heterocycles. The van der Waals surface area contributed by atoms with Crippen molar-refractivity contribution in [3.63, 3.8) is 0 Å². The van der Waals surface area contributed by atoms with Gasteiger partial charge in [0.05, 0.1) is 5.75 Å². The zero-order valence-electron chi connectivity index (χ0n) is 13.1. The SMILES string of the molecule is Cc1cc(C(C)NS(=O)(=O)CCC2CCCCN2)c(C)o1. The molecule has 6 heteroatoms. The van der Waals surface area contributed by atoms with Gasteiger partial charge in [-0.15, -0.1) is 0 Å². The molecule has 1 aliphatic heterocycles. The second-order valence-corrected chi connectivity index (χ2v) is 7.84. The molecule has 2 unspecified atom stereocenters. The van der Waals surface area contributed by atoms with Crippen LogP contribution in [-0.2, 0) is 10.0 Å². The van der Waals surface area contributed by atoms with Crippen molar-refractivity contribution in [2.45, 2.75) is 58.5 Å². The Bertz CT molecular complexity index is 559. The van der Waals surface area contributed by atoms with Gasteiger partial charge in [-0.25, -0.2) is 13.1 Å². The summed E-state index contributed by atoms with van der Waals surface area (Å²) in [5.41, 5.74) is 0.909. The highest BCUT2D eigenvalue weighted by Gasteiger charge is 2.21. The number of piperidine rings is 1. The summed E-state index contributed by atoms with van der Waals surface area (Å²) in [5.74, 6) is 1.75. The maximum Gasteiger partial charge on any atom is 0.212 e. The summed E-state index contributed by atoms with van der Waals surface area (Å²) >= 11 is 0. The quantitative estimate of drug-likeness (QED) is 0.846. The van der Waals surface area contributed by atoms with Crippen LogP contribution in [0, 0.1) is 13.8 Å². The molecule has 21 heavy (non-hydrogen) atoms. The fourth-order valence-electron chi connectivity index (χ4n) is 2.94. The van der Waals surface area contributed by atoms with Crippen LogP contribution in [0.15, 0.2) is 10.5 Å². The van der Waals surface area contributed by atoms with Crippen LogP contribution in [0.2, 0.25) is 0 Å². The molecule has 0 radical (unpaired) electrons. The van der Waals surface area contributed by atoms with E-state index in [-0.39, 0.29) is 11.8 Å². The van der Waals surface area contributed by atoms with E-state index in [2.05, 4.69) is 10.0 Å². The first-order valence-electron chi connectivity index (χ1n) is 7.68. The van der Waals surface area contributed by atoms with E-state index in [1.807, 2.05) is 26.8 Å². The maximum absolute atomic E-state index is 12.2. The third-order valence-electron chi connectivity index (χ3n) is 4.05. The summed E-state index contributed by atoms with van der Waals surface area (Å²) < 4.78 is 32.6. The molecule has 1 saturated heterocycles. The molecule has 2 rings (SSSR count). The highest BCUT2D eigenvalue weighted by molar-refractivity contribution is 7.89. The molecule has 1 aliphatic rings. The number of rotatable bonds is 6. The lowest BCUT2D eigenvalue weighted by Gasteiger charge is -2.23. The monoisotopic (exact) mass is 314 g/mol. The van der Waals surface area contributed by atoms with Crippen molar-refractivity contribution >= 4 is 10.0 Å². The third-order valence-corrected chi connectivity index (χ3v) is 5.54. The van der Waals surface area contributed by atoms with Gasteiger partial charge in [-0.1, -0.05) is 6.42 Å². The Kier molecular flexibility index (Phi) is 5.46. The predicted octanol–water partition coefficient (Wildman–Crippen LogP) is 2.41. The molecular formula is C15H26N2O3S. The lowest BCUT2D eigenvalue weighted by atomic mass is 10.0. The van der Waals surface area contributed by atoms with Crippen molar-refractivity contribution in [3.05, 3.63) is 23.2 Å². The minimum absolute atomic E-state index is 0.172. The van der Waals surface area contributed by atoms with Gasteiger partial charge in [0.2, 0.25) is 10.0 Å². The van der Waals surface area contributed by atoms with Gasteiger partial charge < -0.3 is 9.73 Å². The number of nitrogens with one attached hydrogen (secondary N) is 2. The second kappa shape index (κ2) is 6.94. The summed E-state index contributed by atoms with van der Waals surface area (Å²) in [5, 5.41) is 3.38. The summed E-state index contributed by atoms with van der Waals surface area (Å²) in [4.78, 5) is 0. The smallest absolute Gasteiger partial charge is 0.212 e. The molecule has 1 aromatic rings. The summed E-state index contributed by atoms with van der Waals surface area (Å²) in [6, 6.07) is 1.97. The molecule has 1 fully saturated rings. The van der Waals surface area contributed by atoms with Gasteiger partial charge in [0.15, 0.2) is 0 Å². The van der Waals surface area contributed by atoms with Gasteiger partial charge in [0, 0.05) is 17.6 Å². The molecule has 1 aromatic heterocycles. The Hall–Kier alpha value is -0.850. The number of hydrogen-bond acceptors (Lipinski definition) is 4. The molecule has 2 atom stereocenters. The fraction of sp³-hybridized carbons (Fsp3) is 0.733. The first kappa shape index (κ1) is 16.5. The third kappa shape index (κ3) is 4.83.